The van der Waals surface area contributed by atoms with Gasteiger partial charge >= 0.3 is 23.9 Å². The zero-order valence-corrected chi connectivity index (χ0v) is 21.5. The summed E-state index contributed by atoms with van der Waals surface area (Å²) >= 11 is 0. The van der Waals surface area contributed by atoms with Crippen LogP contribution in [-0.2, 0) is 6.18 Å². The van der Waals surface area contributed by atoms with E-state index in [4.69, 9.17) is 10.2 Å². The van der Waals surface area contributed by atoms with E-state index < -0.39 is 51.7 Å². The van der Waals surface area contributed by atoms with E-state index in [0.717, 1.165) is 6.07 Å². The average Bonchev–Trinajstić information content (AvgIpc) is 3.68. The molecule has 0 spiro atoms. The Labute approximate surface area is 235 Å². The lowest BCUT2D eigenvalue weighted by Crippen LogP contribution is -2.42. The standard InChI is InChI=1S/C25H16F4N10O4/c1-11-31-7-8-37(11)13-5-6-16(15(26)10-13)32-23(41)38-21(40)18-17(33-24(38)42)19(25(27,28)29)36-39(18)14-4-2-3-12(9-14)20-34-35-22(30)43-20/h2-10H,1H3,(H2,30,35)(H,32,41)(H,33,42). The van der Waals surface area contributed by atoms with Crippen molar-refractivity contribution in [3.05, 3.63) is 93.0 Å². The highest BCUT2D eigenvalue weighted by Gasteiger charge is 2.39. The lowest BCUT2D eigenvalue weighted by molar-refractivity contribution is -0.140. The minimum absolute atomic E-state index is 0.00339. The number of nitrogen functional groups attached to an aromatic ring is 1. The number of halogens is 4. The second-order valence-corrected chi connectivity index (χ2v) is 8.99. The first-order valence-electron chi connectivity index (χ1n) is 12.1. The summed E-state index contributed by atoms with van der Waals surface area (Å²) in [5, 5.41) is 12.9. The molecule has 0 fully saturated rings. The zero-order valence-electron chi connectivity index (χ0n) is 21.5. The minimum Gasteiger partial charge on any atom is -0.404 e. The number of hydrogen-bond acceptors (Lipinski definition) is 9. The number of carbonyl (C=O) groups excluding carboxylic acids is 1. The van der Waals surface area contributed by atoms with Crippen molar-refractivity contribution in [3.8, 4) is 22.8 Å². The van der Waals surface area contributed by atoms with Gasteiger partial charge in [-0.05, 0) is 37.3 Å². The number of nitrogens with zero attached hydrogens (tertiary/aromatic N) is 7. The van der Waals surface area contributed by atoms with E-state index in [-0.39, 0.29) is 27.7 Å². The number of nitrogens with two attached hydrogens (primary N) is 1. The Kier molecular flexibility index (Phi) is 6.17. The fraction of sp³-hybridized carbons (Fsp3) is 0.0800. The van der Waals surface area contributed by atoms with Crippen LogP contribution in [0.3, 0.4) is 0 Å². The van der Waals surface area contributed by atoms with Crippen LogP contribution in [0.15, 0.2) is 68.9 Å². The van der Waals surface area contributed by atoms with Crippen molar-refractivity contribution in [2.75, 3.05) is 11.1 Å². The van der Waals surface area contributed by atoms with Crippen molar-refractivity contribution >= 4 is 28.8 Å². The highest BCUT2D eigenvalue weighted by Crippen LogP contribution is 2.33. The number of aryl methyl sites for hydroxylation is 1. The molecule has 0 aliphatic heterocycles. The maximum atomic E-state index is 14.9. The van der Waals surface area contributed by atoms with Crippen LogP contribution in [-0.4, -0.2) is 45.1 Å². The maximum Gasteiger partial charge on any atom is 0.437 e. The molecule has 0 radical (unpaired) electrons. The molecular formula is C25H16F4N10O4. The van der Waals surface area contributed by atoms with E-state index in [1.54, 1.807) is 17.7 Å². The Morgan fingerprint density at radius 2 is 1.88 bits per heavy atom. The number of H-pyrrole nitrogens is 1. The molecule has 4 aromatic heterocycles. The number of rotatable bonds is 4. The monoisotopic (exact) mass is 596 g/mol. The first kappa shape index (κ1) is 27.1. The van der Waals surface area contributed by atoms with Gasteiger partial charge in [0.25, 0.3) is 5.56 Å². The molecule has 0 aliphatic rings. The molecule has 18 heteroatoms. The van der Waals surface area contributed by atoms with Gasteiger partial charge in [0.05, 0.1) is 11.4 Å². The van der Waals surface area contributed by atoms with Crippen LogP contribution < -0.4 is 22.3 Å². The van der Waals surface area contributed by atoms with Gasteiger partial charge in [-0.1, -0.05) is 11.2 Å². The summed E-state index contributed by atoms with van der Waals surface area (Å²) in [5.74, 6) is -0.440. The number of fused-ring (bicyclic) bond motifs is 1. The first-order chi connectivity index (χ1) is 20.4. The van der Waals surface area contributed by atoms with Crippen molar-refractivity contribution < 1.29 is 26.8 Å². The molecule has 14 nitrogen and oxygen atoms in total. The predicted octanol–water partition coefficient (Wildman–Crippen LogP) is 3.24. The van der Waals surface area contributed by atoms with Gasteiger partial charge in [0.15, 0.2) is 11.2 Å². The molecule has 0 saturated carbocycles. The Morgan fingerprint density at radius 1 is 1.09 bits per heavy atom. The quantitative estimate of drug-likeness (QED) is 0.257. The number of anilines is 2. The normalized spacial score (nSPS) is 11.7. The van der Waals surface area contributed by atoms with Crippen molar-refractivity contribution in [1.82, 2.24) is 39.1 Å². The summed E-state index contributed by atoms with van der Waals surface area (Å²) in [4.78, 5) is 45.3. The molecular weight excluding hydrogens is 580 g/mol. The fourth-order valence-electron chi connectivity index (χ4n) is 4.36. The second kappa shape index (κ2) is 9.79. The van der Waals surface area contributed by atoms with Gasteiger partial charge in [-0.2, -0.15) is 22.8 Å². The third kappa shape index (κ3) is 4.69. The summed E-state index contributed by atoms with van der Waals surface area (Å²) in [5.41, 5.74) is -0.800. The first-order valence-corrected chi connectivity index (χ1v) is 12.1. The van der Waals surface area contributed by atoms with Crippen molar-refractivity contribution in [1.29, 1.82) is 0 Å². The summed E-state index contributed by atoms with van der Waals surface area (Å²) in [6.07, 6.45) is -2.02. The van der Waals surface area contributed by atoms with Crippen LogP contribution in [0.5, 0.6) is 0 Å². The van der Waals surface area contributed by atoms with Crippen LogP contribution in [0.1, 0.15) is 11.5 Å². The highest BCUT2D eigenvalue weighted by atomic mass is 19.4. The molecule has 4 heterocycles. The van der Waals surface area contributed by atoms with Gasteiger partial charge in [-0.3, -0.25) is 4.79 Å². The number of nitrogens with one attached hydrogen (secondary N) is 2. The Bertz CT molecular complexity index is 2170. The van der Waals surface area contributed by atoms with Crippen LogP contribution in [0.2, 0.25) is 0 Å². The molecule has 6 aromatic rings. The Hall–Kier alpha value is -6.07. The van der Waals surface area contributed by atoms with Crippen LogP contribution in [0.25, 0.3) is 33.9 Å². The lowest BCUT2D eigenvalue weighted by atomic mass is 10.2. The molecule has 0 aliphatic carbocycles. The Morgan fingerprint density at radius 3 is 2.53 bits per heavy atom. The number of benzene rings is 2. The molecule has 43 heavy (non-hydrogen) atoms. The predicted molar refractivity (Wildman–Crippen MR) is 141 cm³/mol. The summed E-state index contributed by atoms with van der Waals surface area (Å²) < 4.78 is 64.0. The van der Waals surface area contributed by atoms with Crippen molar-refractivity contribution in [2.24, 2.45) is 0 Å². The SMILES string of the molecule is Cc1nccn1-c1ccc(NC(=O)n2c(=O)[nH]c3c(C(F)(F)F)nn(-c4cccc(-c5nnc(N)o5)c4)c3c2=O)c(F)c1. The third-order valence-electron chi connectivity index (χ3n) is 6.27. The fourth-order valence-corrected chi connectivity index (χ4v) is 4.36. The van der Waals surface area contributed by atoms with Crippen LogP contribution >= 0.6 is 0 Å². The molecule has 6 rings (SSSR count). The van der Waals surface area contributed by atoms with Gasteiger partial charge in [0, 0.05) is 29.7 Å². The zero-order chi connectivity index (χ0) is 30.6. The van der Waals surface area contributed by atoms with E-state index in [2.05, 4.69) is 25.6 Å². The highest BCUT2D eigenvalue weighted by molar-refractivity contribution is 5.92. The van der Waals surface area contributed by atoms with Crippen LogP contribution in [0.4, 0.5) is 34.1 Å². The summed E-state index contributed by atoms with van der Waals surface area (Å²) in [6, 6.07) is 7.47. The van der Waals surface area contributed by atoms with Crippen LogP contribution in [0, 0.1) is 12.7 Å². The number of aromatic amines is 1. The number of carbonyl (C=O) groups is 1. The number of imidazole rings is 1. The van der Waals surface area contributed by atoms with Crippen molar-refractivity contribution in [3.63, 3.8) is 0 Å². The van der Waals surface area contributed by atoms with E-state index in [0.29, 0.717) is 16.2 Å². The summed E-state index contributed by atoms with van der Waals surface area (Å²) in [7, 11) is 0. The minimum atomic E-state index is -5.11. The number of amides is 1. The van der Waals surface area contributed by atoms with E-state index in [1.165, 1.54) is 42.6 Å². The molecule has 218 valence electrons. The van der Waals surface area contributed by atoms with Crippen molar-refractivity contribution in [2.45, 2.75) is 13.1 Å². The third-order valence-corrected chi connectivity index (χ3v) is 6.27. The van der Waals surface area contributed by atoms with Gasteiger partial charge in [0.1, 0.15) is 17.2 Å². The van der Waals surface area contributed by atoms with E-state index in [1.807, 2.05) is 4.98 Å². The molecule has 0 unspecified atom stereocenters. The maximum absolute atomic E-state index is 14.9. The van der Waals surface area contributed by atoms with Gasteiger partial charge in [-0.15, -0.1) is 5.10 Å². The topological polar surface area (TPSA) is 185 Å². The van der Waals surface area contributed by atoms with Gasteiger partial charge in [-0.25, -0.2) is 23.6 Å². The second-order valence-electron chi connectivity index (χ2n) is 8.99. The van der Waals surface area contributed by atoms with Gasteiger partial charge < -0.3 is 25.0 Å². The molecule has 0 atom stereocenters. The average molecular weight is 596 g/mol. The number of aromatic nitrogens is 8. The van der Waals surface area contributed by atoms with Gasteiger partial charge in [0.2, 0.25) is 5.89 Å². The number of hydrogen-bond donors (Lipinski definition) is 3. The lowest BCUT2D eigenvalue weighted by Gasteiger charge is -2.11. The van der Waals surface area contributed by atoms with E-state index >= 15 is 0 Å². The smallest absolute Gasteiger partial charge is 0.404 e. The molecule has 2 aromatic carbocycles. The molecule has 0 bridgehead atoms. The molecule has 1 amide bonds. The van der Waals surface area contributed by atoms with E-state index in [9.17, 15) is 31.9 Å². The number of alkyl halides is 3. The largest absolute Gasteiger partial charge is 0.437 e. The Balaban J connectivity index is 1.46. The molecule has 0 saturated heterocycles. The summed E-state index contributed by atoms with van der Waals surface area (Å²) in [6.45, 7) is 1.69. The molecule has 4 N–H and O–H groups in total.